The number of hydrogen-bond donors (Lipinski definition) is 0. The zero-order valence-corrected chi connectivity index (χ0v) is 10.9. The van der Waals surface area contributed by atoms with Crippen LogP contribution in [0.2, 0.25) is 0 Å². The summed E-state index contributed by atoms with van der Waals surface area (Å²) in [7, 11) is 0. The van der Waals surface area contributed by atoms with Crippen molar-refractivity contribution >= 4 is 15.9 Å². The Morgan fingerprint density at radius 1 is 1.44 bits per heavy atom. The first-order chi connectivity index (χ1) is 8.70. The van der Waals surface area contributed by atoms with E-state index < -0.39 is 0 Å². The molecular weight excluding hydrogens is 301 g/mol. The number of halogens is 2. The van der Waals surface area contributed by atoms with Gasteiger partial charge in [0.05, 0.1) is 6.07 Å². The molecule has 18 heavy (non-hydrogen) atoms. The van der Waals surface area contributed by atoms with Crippen molar-refractivity contribution in [1.82, 2.24) is 10.1 Å². The standard InChI is InChI=1S/C12H9BrFN3O/c13-10-5-4-8(14)7-9(10)12-16-11(18-17-12)3-1-2-6-15/h4-5,7H,1-3H2. The van der Waals surface area contributed by atoms with Crippen molar-refractivity contribution in [3.8, 4) is 17.5 Å². The Balaban J connectivity index is 2.19. The number of benzene rings is 1. The Morgan fingerprint density at radius 2 is 2.28 bits per heavy atom. The van der Waals surface area contributed by atoms with Crippen LogP contribution in [0.3, 0.4) is 0 Å². The second-order valence-electron chi connectivity index (χ2n) is 3.65. The predicted octanol–water partition coefficient (Wildman–Crippen LogP) is 3.48. The molecule has 2 aromatic rings. The van der Waals surface area contributed by atoms with Crippen LogP contribution in [0, 0.1) is 17.1 Å². The smallest absolute Gasteiger partial charge is 0.226 e. The molecule has 0 radical (unpaired) electrons. The Labute approximate surface area is 112 Å². The SMILES string of the molecule is N#CCCCc1nc(-c2cc(F)ccc2Br)no1. The molecule has 6 heteroatoms. The number of nitriles is 1. The van der Waals surface area contributed by atoms with Crippen molar-refractivity contribution in [3.05, 3.63) is 34.4 Å². The third-order valence-corrected chi connectivity index (χ3v) is 3.01. The molecule has 0 aliphatic heterocycles. The molecule has 1 aromatic heterocycles. The molecule has 0 N–H and O–H groups in total. The van der Waals surface area contributed by atoms with Gasteiger partial charge in [-0.05, 0) is 24.6 Å². The van der Waals surface area contributed by atoms with Crippen molar-refractivity contribution in [1.29, 1.82) is 5.26 Å². The third-order valence-electron chi connectivity index (χ3n) is 2.32. The summed E-state index contributed by atoms with van der Waals surface area (Å²) in [6.45, 7) is 0. The fourth-order valence-electron chi connectivity index (χ4n) is 1.45. The zero-order valence-electron chi connectivity index (χ0n) is 9.36. The highest BCUT2D eigenvalue weighted by molar-refractivity contribution is 9.10. The molecule has 0 fully saturated rings. The van der Waals surface area contributed by atoms with Crippen LogP contribution < -0.4 is 0 Å². The number of aryl methyl sites for hydroxylation is 1. The molecule has 0 amide bonds. The molecule has 1 aromatic carbocycles. The Morgan fingerprint density at radius 3 is 3.06 bits per heavy atom. The normalized spacial score (nSPS) is 10.3. The highest BCUT2D eigenvalue weighted by Crippen LogP contribution is 2.26. The lowest BCUT2D eigenvalue weighted by molar-refractivity contribution is 0.376. The van der Waals surface area contributed by atoms with Crippen molar-refractivity contribution in [3.63, 3.8) is 0 Å². The number of hydrogen-bond acceptors (Lipinski definition) is 4. The molecule has 0 saturated carbocycles. The van der Waals surface area contributed by atoms with E-state index in [1.165, 1.54) is 12.1 Å². The summed E-state index contributed by atoms with van der Waals surface area (Å²) in [5.41, 5.74) is 0.547. The number of aromatic nitrogens is 2. The molecule has 0 atom stereocenters. The van der Waals surface area contributed by atoms with Gasteiger partial charge in [0.1, 0.15) is 5.82 Å². The van der Waals surface area contributed by atoms with E-state index in [9.17, 15) is 4.39 Å². The number of nitrogens with zero attached hydrogens (tertiary/aromatic N) is 3. The predicted molar refractivity (Wildman–Crippen MR) is 65.9 cm³/mol. The lowest BCUT2D eigenvalue weighted by atomic mass is 10.2. The summed E-state index contributed by atoms with van der Waals surface area (Å²) in [5.74, 6) is 0.439. The van der Waals surface area contributed by atoms with Crippen LogP contribution >= 0.6 is 15.9 Å². The van der Waals surface area contributed by atoms with E-state index in [1.807, 2.05) is 6.07 Å². The van der Waals surface area contributed by atoms with Gasteiger partial charge in [0.2, 0.25) is 11.7 Å². The average Bonchev–Trinajstić information content (AvgIpc) is 2.81. The summed E-state index contributed by atoms with van der Waals surface area (Å²) in [4.78, 5) is 4.17. The quantitative estimate of drug-likeness (QED) is 0.811. The maximum absolute atomic E-state index is 13.1. The van der Waals surface area contributed by atoms with E-state index >= 15 is 0 Å². The van der Waals surface area contributed by atoms with Crippen molar-refractivity contribution in [2.45, 2.75) is 19.3 Å². The minimum atomic E-state index is -0.357. The van der Waals surface area contributed by atoms with E-state index in [0.717, 1.165) is 0 Å². The molecule has 2 rings (SSSR count). The molecule has 0 bridgehead atoms. The largest absolute Gasteiger partial charge is 0.339 e. The lowest BCUT2D eigenvalue weighted by Crippen LogP contribution is -1.87. The summed E-state index contributed by atoms with van der Waals surface area (Å²) in [6, 6.07) is 6.33. The van der Waals surface area contributed by atoms with Gasteiger partial charge in [-0.3, -0.25) is 0 Å². The maximum Gasteiger partial charge on any atom is 0.226 e. The fourth-order valence-corrected chi connectivity index (χ4v) is 1.88. The van der Waals surface area contributed by atoms with Crippen molar-refractivity contribution in [2.24, 2.45) is 0 Å². The second kappa shape index (κ2) is 5.74. The van der Waals surface area contributed by atoms with Gasteiger partial charge in [-0.15, -0.1) is 0 Å². The van der Waals surface area contributed by atoms with Crippen LogP contribution in [-0.2, 0) is 6.42 Å². The monoisotopic (exact) mass is 309 g/mol. The molecule has 0 spiro atoms. The van der Waals surface area contributed by atoms with Crippen LogP contribution in [0.1, 0.15) is 18.7 Å². The Hall–Kier alpha value is -1.74. The van der Waals surface area contributed by atoms with Gasteiger partial charge < -0.3 is 4.52 Å². The van der Waals surface area contributed by atoms with Crippen LogP contribution in [0.4, 0.5) is 4.39 Å². The second-order valence-corrected chi connectivity index (χ2v) is 4.50. The zero-order chi connectivity index (χ0) is 13.0. The van der Waals surface area contributed by atoms with E-state index in [2.05, 4.69) is 26.1 Å². The van der Waals surface area contributed by atoms with E-state index in [4.69, 9.17) is 9.78 Å². The molecule has 4 nitrogen and oxygen atoms in total. The number of unbranched alkanes of at least 4 members (excludes halogenated alkanes) is 1. The molecule has 0 saturated heterocycles. The minimum Gasteiger partial charge on any atom is -0.339 e. The fraction of sp³-hybridized carbons (Fsp3) is 0.250. The Kier molecular flexibility index (Phi) is 4.05. The summed E-state index contributed by atoms with van der Waals surface area (Å²) in [6.07, 6.45) is 1.66. The first-order valence-electron chi connectivity index (χ1n) is 5.35. The number of rotatable bonds is 4. The van der Waals surface area contributed by atoms with Gasteiger partial charge in [-0.25, -0.2) is 4.39 Å². The summed E-state index contributed by atoms with van der Waals surface area (Å²) in [5, 5.41) is 12.2. The lowest BCUT2D eigenvalue weighted by Gasteiger charge is -1.98. The van der Waals surface area contributed by atoms with Crippen LogP contribution in [-0.4, -0.2) is 10.1 Å². The van der Waals surface area contributed by atoms with Crippen molar-refractivity contribution < 1.29 is 8.91 Å². The molecular formula is C12H9BrFN3O. The first-order valence-corrected chi connectivity index (χ1v) is 6.15. The molecule has 1 heterocycles. The van der Waals surface area contributed by atoms with Gasteiger partial charge in [0.15, 0.2) is 0 Å². The average molecular weight is 310 g/mol. The molecule has 0 aliphatic rings. The van der Waals surface area contributed by atoms with Gasteiger partial charge in [0.25, 0.3) is 0 Å². The van der Waals surface area contributed by atoms with Crippen molar-refractivity contribution in [2.75, 3.05) is 0 Å². The minimum absolute atomic E-state index is 0.341. The highest BCUT2D eigenvalue weighted by Gasteiger charge is 2.12. The molecule has 0 unspecified atom stereocenters. The highest BCUT2D eigenvalue weighted by atomic mass is 79.9. The first kappa shape index (κ1) is 12.7. The summed E-state index contributed by atoms with van der Waals surface area (Å²) >= 11 is 3.31. The topological polar surface area (TPSA) is 62.7 Å². The molecule has 92 valence electrons. The van der Waals surface area contributed by atoms with Crippen LogP contribution in [0.15, 0.2) is 27.2 Å². The van der Waals surface area contributed by atoms with Gasteiger partial charge in [-0.1, -0.05) is 21.1 Å². The van der Waals surface area contributed by atoms with E-state index in [1.54, 1.807) is 6.07 Å². The van der Waals surface area contributed by atoms with Gasteiger partial charge in [0, 0.05) is 22.9 Å². The summed E-state index contributed by atoms with van der Waals surface area (Å²) < 4.78 is 18.9. The van der Waals surface area contributed by atoms with Crippen LogP contribution in [0.25, 0.3) is 11.4 Å². The Bertz CT molecular complexity index is 591. The van der Waals surface area contributed by atoms with E-state index in [-0.39, 0.29) is 5.82 Å². The third kappa shape index (κ3) is 2.93. The van der Waals surface area contributed by atoms with Gasteiger partial charge >= 0.3 is 0 Å². The van der Waals surface area contributed by atoms with Crippen LogP contribution in [0.5, 0.6) is 0 Å². The van der Waals surface area contributed by atoms with Gasteiger partial charge in [-0.2, -0.15) is 10.2 Å². The van der Waals surface area contributed by atoms with E-state index in [0.29, 0.717) is 41.0 Å². The maximum atomic E-state index is 13.1. The molecule has 0 aliphatic carbocycles.